The summed E-state index contributed by atoms with van der Waals surface area (Å²) in [7, 11) is 1.63. The number of thioether (sulfide) groups is 1. The van der Waals surface area contributed by atoms with Crippen molar-refractivity contribution in [3.05, 3.63) is 70.6 Å². The molecule has 2 amide bonds. The minimum atomic E-state index is -1.40. The van der Waals surface area contributed by atoms with Crippen molar-refractivity contribution in [2.45, 2.75) is 12.5 Å². The van der Waals surface area contributed by atoms with Crippen molar-refractivity contribution in [1.29, 1.82) is 0 Å². The molecule has 0 saturated carbocycles. The normalized spacial score (nSPS) is 19.7. The Bertz CT molecular complexity index is 1080. The summed E-state index contributed by atoms with van der Waals surface area (Å²) in [6, 6.07) is 14.8. The molecule has 0 N–H and O–H groups in total. The third kappa shape index (κ3) is 3.24. The minimum Gasteiger partial charge on any atom is -0.548 e. The Morgan fingerprint density at radius 1 is 1.07 bits per heavy atom. The zero-order valence-electron chi connectivity index (χ0n) is 15.3. The third-order valence-corrected chi connectivity index (χ3v) is 6.34. The predicted molar refractivity (Wildman–Crippen MR) is 113 cm³/mol. The molecule has 29 heavy (non-hydrogen) atoms. The number of thiocarbonyl (C=S) groups is 1. The zero-order chi connectivity index (χ0) is 20.7. The van der Waals surface area contributed by atoms with E-state index in [0.717, 1.165) is 22.2 Å². The molecular weight excluding hydrogens is 408 g/mol. The standard InChI is InChI=1S/C21H16N2O4S2/c1-22-14-10-6-5-9-13(14)16(18(22)24)17-19(25)23(21(28)29-17)15(20(26)27)11-12-7-3-2-4-8-12/h2-10,15H,11H2,1H3,(H,26,27)/p-1/b17-16-/t15-/m0/s1. The number of hydrogen-bond donors (Lipinski definition) is 0. The van der Waals surface area contributed by atoms with Gasteiger partial charge in [-0.2, -0.15) is 0 Å². The van der Waals surface area contributed by atoms with E-state index in [1.165, 1.54) is 4.90 Å². The van der Waals surface area contributed by atoms with E-state index in [1.54, 1.807) is 49.5 Å². The van der Waals surface area contributed by atoms with Crippen molar-refractivity contribution in [3.63, 3.8) is 0 Å². The first-order chi connectivity index (χ1) is 13.9. The van der Waals surface area contributed by atoms with Gasteiger partial charge in [-0.1, -0.05) is 72.5 Å². The first kappa shape index (κ1) is 19.4. The van der Waals surface area contributed by atoms with E-state index < -0.39 is 17.9 Å². The second-order valence-electron chi connectivity index (χ2n) is 6.65. The molecule has 6 nitrogen and oxygen atoms in total. The summed E-state index contributed by atoms with van der Waals surface area (Å²) in [6.45, 7) is 0. The van der Waals surface area contributed by atoms with Gasteiger partial charge in [0.2, 0.25) is 0 Å². The van der Waals surface area contributed by atoms with Crippen LogP contribution in [0, 0.1) is 0 Å². The van der Waals surface area contributed by atoms with Crippen molar-refractivity contribution in [3.8, 4) is 0 Å². The predicted octanol–water partition coefficient (Wildman–Crippen LogP) is 1.60. The molecule has 4 rings (SSSR count). The number of carboxylic acids is 1. The van der Waals surface area contributed by atoms with Crippen molar-refractivity contribution in [1.82, 2.24) is 4.90 Å². The van der Waals surface area contributed by atoms with Crippen LogP contribution in [0.25, 0.3) is 5.57 Å². The Labute approximate surface area is 176 Å². The van der Waals surface area contributed by atoms with E-state index in [1.807, 2.05) is 12.1 Å². The van der Waals surface area contributed by atoms with E-state index in [9.17, 15) is 19.5 Å². The number of likely N-dealkylation sites (N-methyl/N-ethyl adjacent to an activating group) is 1. The first-order valence-corrected chi connectivity index (χ1v) is 10.0. The lowest BCUT2D eigenvalue weighted by Crippen LogP contribution is -2.51. The Morgan fingerprint density at radius 2 is 1.72 bits per heavy atom. The molecule has 146 valence electrons. The van der Waals surface area contributed by atoms with Crippen LogP contribution in [0.4, 0.5) is 5.69 Å². The van der Waals surface area contributed by atoms with E-state index in [-0.39, 0.29) is 27.1 Å². The minimum absolute atomic E-state index is 0.0582. The molecule has 0 unspecified atom stereocenters. The summed E-state index contributed by atoms with van der Waals surface area (Å²) in [5, 5.41) is 11.9. The Kier molecular flexibility index (Phi) is 4.97. The third-order valence-electron chi connectivity index (χ3n) is 4.94. The maximum atomic E-state index is 13.2. The summed E-state index contributed by atoms with van der Waals surface area (Å²) in [5.41, 5.74) is 2.32. The van der Waals surface area contributed by atoms with Crippen LogP contribution in [0.3, 0.4) is 0 Å². The fourth-order valence-electron chi connectivity index (χ4n) is 3.51. The zero-order valence-corrected chi connectivity index (χ0v) is 17.0. The van der Waals surface area contributed by atoms with Gasteiger partial charge in [-0.05, 0) is 18.1 Å². The Hall–Kier alpha value is -2.97. The molecular formula is C21H15N2O4S2-. The van der Waals surface area contributed by atoms with Crippen LogP contribution < -0.4 is 10.0 Å². The van der Waals surface area contributed by atoms with Gasteiger partial charge in [0.05, 0.1) is 28.2 Å². The fourth-order valence-corrected chi connectivity index (χ4v) is 4.93. The lowest BCUT2D eigenvalue weighted by atomic mass is 10.0. The largest absolute Gasteiger partial charge is 0.548 e. The monoisotopic (exact) mass is 423 g/mol. The van der Waals surface area contributed by atoms with Gasteiger partial charge >= 0.3 is 0 Å². The van der Waals surface area contributed by atoms with Crippen LogP contribution in [0.1, 0.15) is 11.1 Å². The molecule has 2 aliphatic heterocycles. The van der Waals surface area contributed by atoms with E-state index in [0.29, 0.717) is 11.3 Å². The number of nitrogens with zero attached hydrogens (tertiary/aromatic N) is 2. The number of rotatable bonds is 4. The molecule has 8 heteroatoms. The van der Waals surface area contributed by atoms with Crippen molar-refractivity contribution < 1.29 is 19.5 Å². The molecule has 2 aromatic carbocycles. The molecule has 0 spiro atoms. The molecule has 0 bridgehead atoms. The van der Waals surface area contributed by atoms with E-state index in [2.05, 4.69) is 0 Å². The fraction of sp³-hybridized carbons (Fsp3) is 0.143. The second-order valence-corrected chi connectivity index (χ2v) is 8.30. The first-order valence-electron chi connectivity index (χ1n) is 8.82. The van der Waals surface area contributed by atoms with Crippen LogP contribution in [-0.2, 0) is 20.8 Å². The van der Waals surface area contributed by atoms with Gasteiger partial charge in [-0.25, -0.2) is 0 Å². The number of carboxylic acid groups (broad SMARTS) is 1. The van der Waals surface area contributed by atoms with Gasteiger partial charge in [-0.3, -0.25) is 14.5 Å². The summed E-state index contributed by atoms with van der Waals surface area (Å²) in [4.78, 5) is 40.5. The smallest absolute Gasteiger partial charge is 0.267 e. The summed E-state index contributed by atoms with van der Waals surface area (Å²) < 4.78 is 0.0995. The topological polar surface area (TPSA) is 80.8 Å². The van der Waals surface area contributed by atoms with Crippen LogP contribution in [0.15, 0.2) is 59.5 Å². The number of amides is 2. The van der Waals surface area contributed by atoms with Gasteiger partial charge in [-0.15, -0.1) is 0 Å². The maximum Gasteiger partial charge on any atom is 0.267 e. The van der Waals surface area contributed by atoms with Crippen molar-refractivity contribution in [2.24, 2.45) is 0 Å². The number of aliphatic carboxylic acids is 1. The molecule has 2 heterocycles. The average Bonchev–Trinajstić information content (AvgIpc) is 3.14. The SMILES string of the molecule is CN1C(=O)/C(=C2\SC(=S)N([C@@H](Cc3ccccc3)C(=O)[O-])C2=O)c2ccccc21. The van der Waals surface area contributed by atoms with Crippen LogP contribution in [0.2, 0.25) is 0 Å². The summed E-state index contributed by atoms with van der Waals surface area (Å²) in [5.74, 6) is -2.30. The molecule has 2 aliphatic rings. The molecule has 1 saturated heterocycles. The quantitative estimate of drug-likeness (QED) is 0.549. The molecule has 1 atom stereocenters. The molecule has 0 aromatic heterocycles. The number of carbonyl (C=O) groups is 3. The van der Waals surface area contributed by atoms with E-state index in [4.69, 9.17) is 12.2 Å². The van der Waals surface area contributed by atoms with Gasteiger partial charge in [0.15, 0.2) is 0 Å². The highest BCUT2D eigenvalue weighted by Gasteiger charge is 2.43. The number of carbonyl (C=O) groups excluding carboxylic acids is 3. The molecule has 2 aromatic rings. The van der Waals surface area contributed by atoms with Gasteiger partial charge < -0.3 is 14.8 Å². The number of fused-ring (bicyclic) bond motifs is 1. The van der Waals surface area contributed by atoms with Crippen LogP contribution in [-0.4, -0.2) is 40.1 Å². The second kappa shape index (κ2) is 7.46. The number of para-hydroxylation sites is 1. The lowest BCUT2D eigenvalue weighted by molar-refractivity contribution is -0.310. The Balaban J connectivity index is 1.75. The van der Waals surface area contributed by atoms with E-state index >= 15 is 0 Å². The highest BCUT2D eigenvalue weighted by molar-refractivity contribution is 8.26. The summed E-state index contributed by atoms with van der Waals surface area (Å²) >= 11 is 6.28. The van der Waals surface area contributed by atoms with Crippen LogP contribution in [0.5, 0.6) is 0 Å². The van der Waals surface area contributed by atoms with Gasteiger partial charge in [0, 0.05) is 12.6 Å². The highest BCUT2D eigenvalue weighted by atomic mass is 32.2. The number of benzene rings is 2. The molecule has 1 fully saturated rings. The average molecular weight is 423 g/mol. The number of hydrogen-bond acceptors (Lipinski definition) is 6. The maximum absolute atomic E-state index is 13.2. The summed E-state index contributed by atoms with van der Waals surface area (Å²) in [6.07, 6.45) is 0.0582. The highest BCUT2D eigenvalue weighted by Crippen LogP contribution is 2.44. The van der Waals surface area contributed by atoms with Crippen LogP contribution >= 0.6 is 24.0 Å². The Morgan fingerprint density at radius 3 is 2.41 bits per heavy atom. The lowest BCUT2D eigenvalue weighted by Gasteiger charge is -2.27. The van der Waals surface area contributed by atoms with Crippen molar-refractivity contribution >= 4 is 57.3 Å². The number of anilines is 1. The van der Waals surface area contributed by atoms with Gasteiger partial charge in [0.25, 0.3) is 11.8 Å². The molecule has 0 radical (unpaired) electrons. The van der Waals surface area contributed by atoms with Gasteiger partial charge in [0.1, 0.15) is 4.32 Å². The molecule has 0 aliphatic carbocycles. The van der Waals surface area contributed by atoms with Crippen molar-refractivity contribution in [2.75, 3.05) is 11.9 Å².